The summed E-state index contributed by atoms with van der Waals surface area (Å²) >= 11 is 0. The summed E-state index contributed by atoms with van der Waals surface area (Å²) in [5.41, 5.74) is 2.81. The van der Waals surface area contributed by atoms with Gasteiger partial charge in [-0.15, -0.1) is 12.4 Å². The van der Waals surface area contributed by atoms with E-state index in [1.54, 1.807) is 13.3 Å². The van der Waals surface area contributed by atoms with Crippen LogP contribution in [0.5, 0.6) is 5.75 Å². The molecule has 1 unspecified atom stereocenters. The van der Waals surface area contributed by atoms with Crippen LogP contribution < -0.4 is 10.1 Å². The van der Waals surface area contributed by atoms with Crippen LogP contribution >= 0.6 is 12.4 Å². The van der Waals surface area contributed by atoms with Crippen molar-refractivity contribution in [2.75, 3.05) is 26.7 Å². The molecule has 4 rings (SSSR count). The van der Waals surface area contributed by atoms with Gasteiger partial charge < -0.3 is 19.5 Å². The number of carbonyl (C=O) groups is 1. The molecule has 1 aromatic carbocycles. The zero-order valence-electron chi connectivity index (χ0n) is 16.7. The Morgan fingerprint density at radius 1 is 1.34 bits per heavy atom. The zero-order chi connectivity index (χ0) is 19.7. The smallest absolute Gasteiger partial charge is 0.257 e. The number of carbonyl (C=O) groups excluding carboxylic acids is 1. The van der Waals surface area contributed by atoms with Crippen molar-refractivity contribution in [1.82, 2.24) is 20.4 Å². The lowest BCUT2D eigenvalue weighted by atomic mass is 10.0. The number of methoxy groups -OCH3 is 1. The van der Waals surface area contributed by atoms with Crippen LogP contribution in [0.1, 0.15) is 47.4 Å². The van der Waals surface area contributed by atoms with E-state index in [1.165, 1.54) is 0 Å². The highest BCUT2D eigenvalue weighted by molar-refractivity contribution is 5.97. The summed E-state index contributed by atoms with van der Waals surface area (Å²) in [7, 11) is 1.65. The van der Waals surface area contributed by atoms with Crippen molar-refractivity contribution in [3.63, 3.8) is 0 Å². The number of pyridine rings is 1. The minimum atomic E-state index is -0.111. The van der Waals surface area contributed by atoms with Gasteiger partial charge in [-0.3, -0.25) is 4.79 Å². The number of hydrogen-bond acceptors (Lipinski definition) is 6. The minimum absolute atomic E-state index is 0. The quantitative estimate of drug-likeness (QED) is 0.700. The molecule has 1 aliphatic rings. The third kappa shape index (κ3) is 3.93. The molecular formula is C21H25ClN4O3. The first-order valence-electron chi connectivity index (χ1n) is 9.50. The number of ether oxygens (including phenoxy) is 1. The number of nitrogens with one attached hydrogen (secondary N) is 1. The number of benzene rings is 1. The average molecular weight is 417 g/mol. The molecule has 1 aliphatic heterocycles. The molecule has 1 atom stereocenters. The number of rotatable bonds is 4. The summed E-state index contributed by atoms with van der Waals surface area (Å²) in [6.07, 6.45) is 1.57. The first-order valence-corrected chi connectivity index (χ1v) is 9.50. The number of fused-ring (bicyclic) bond motifs is 1. The highest BCUT2D eigenvalue weighted by Crippen LogP contribution is 2.32. The summed E-state index contributed by atoms with van der Waals surface area (Å²) < 4.78 is 10.8. The highest BCUT2D eigenvalue weighted by Gasteiger charge is 2.31. The molecule has 1 N–H and O–H groups in total. The number of nitrogens with zero attached hydrogens (tertiary/aromatic N) is 3. The van der Waals surface area contributed by atoms with Gasteiger partial charge in [0.15, 0.2) is 0 Å². The molecule has 7 nitrogen and oxygen atoms in total. The van der Waals surface area contributed by atoms with E-state index in [9.17, 15) is 4.79 Å². The maximum atomic E-state index is 13.4. The number of para-hydroxylation sites is 1. The van der Waals surface area contributed by atoms with E-state index < -0.39 is 0 Å². The first kappa shape index (κ1) is 21.1. The van der Waals surface area contributed by atoms with Crippen LogP contribution in [0.15, 0.2) is 41.1 Å². The van der Waals surface area contributed by atoms with Gasteiger partial charge in [0.1, 0.15) is 5.75 Å². The molecule has 0 saturated carbocycles. The molecule has 0 radical (unpaired) electrons. The molecule has 3 heterocycles. The summed E-state index contributed by atoms with van der Waals surface area (Å²) in [4.78, 5) is 19.6. The normalized spacial score (nSPS) is 16.7. The predicted octanol–water partition coefficient (Wildman–Crippen LogP) is 3.56. The lowest BCUT2D eigenvalue weighted by Gasteiger charge is -2.37. The van der Waals surface area contributed by atoms with Gasteiger partial charge in [0.25, 0.3) is 11.6 Å². The van der Waals surface area contributed by atoms with Crippen LogP contribution in [-0.4, -0.2) is 47.7 Å². The molecule has 154 valence electrons. The Kier molecular flexibility index (Phi) is 6.39. The fourth-order valence-corrected chi connectivity index (χ4v) is 3.72. The van der Waals surface area contributed by atoms with E-state index in [0.29, 0.717) is 24.4 Å². The van der Waals surface area contributed by atoms with Crippen LogP contribution in [0.3, 0.4) is 0 Å². The molecular weight excluding hydrogens is 392 g/mol. The van der Waals surface area contributed by atoms with Crippen LogP contribution in [0, 0.1) is 0 Å². The van der Waals surface area contributed by atoms with Gasteiger partial charge in [0.05, 0.1) is 29.8 Å². The standard InChI is InChI=1S/C21H24N4O3.ClH/c1-13(2)19-16-10-14(11-23-20(16)28-24-19)21(26)25-9-8-22-12-17(25)15-6-4-5-7-18(15)27-3;/h4-7,10-11,13,17,22H,8-9,12H2,1-3H3;1H. The Bertz CT molecular complexity index is 1000. The minimum Gasteiger partial charge on any atom is -0.496 e. The van der Waals surface area contributed by atoms with Crippen molar-refractivity contribution in [1.29, 1.82) is 0 Å². The fraction of sp³-hybridized carbons (Fsp3) is 0.381. The largest absolute Gasteiger partial charge is 0.496 e. The molecule has 1 amide bonds. The van der Waals surface area contributed by atoms with Crippen LogP contribution in [-0.2, 0) is 0 Å². The maximum absolute atomic E-state index is 13.4. The molecule has 1 saturated heterocycles. The Balaban J connectivity index is 0.00000240. The molecule has 0 bridgehead atoms. The Labute approximate surface area is 175 Å². The fourth-order valence-electron chi connectivity index (χ4n) is 3.72. The summed E-state index contributed by atoms with van der Waals surface area (Å²) in [5, 5.41) is 8.28. The number of aromatic nitrogens is 2. The summed E-state index contributed by atoms with van der Waals surface area (Å²) in [6.45, 7) is 6.11. The predicted molar refractivity (Wildman–Crippen MR) is 113 cm³/mol. The van der Waals surface area contributed by atoms with E-state index in [2.05, 4.69) is 15.5 Å². The van der Waals surface area contributed by atoms with Gasteiger partial charge in [0.2, 0.25) is 0 Å². The second-order valence-electron chi connectivity index (χ2n) is 7.26. The number of halogens is 1. The second kappa shape index (κ2) is 8.80. The lowest BCUT2D eigenvalue weighted by Crippen LogP contribution is -2.48. The monoisotopic (exact) mass is 416 g/mol. The van der Waals surface area contributed by atoms with Gasteiger partial charge >= 0.3 is 0 Å². The van der Waals surface area contributed by atoms with Crippen LogP contribution in [0.25, 0.3) is 11.1 Å². The van der Waals surface area contributed by atoms with Crippen LogP contribution in [0.2, 0.25) is 0 Å². The Hall–Kier alpha value is -2.64. The second-order valence-corrected chi connectivity index (χ2v) is 7.26. The highest BCUT2D eigenvalue weighted by atomic mass is 35.5. The van der Waals surface area contributed by atoms with Crippen molar-refractivity contribution in [2.45, 2.75) is 25.8 Å². The molecule has 29 heavy (non-hydrogen) atoms. The van der Waals surface area contributed by atoms with Gasteiger partial charge in [-0.25, -0.2) is 4.98 Å². The number of hydrogen-bond donors (Lipinski definition) is 1. The number of amides is 1. The Morgan fingerprint density at radius 2 is 2.14 bits per heavy atom. The Morgan fingerprint density at radius 3 is 2.90 bits per heavy atom. The van der Waals surface area contributed by atoms with E-state index in [4.69, 9.17) is 9.26 Å². The number of piperazine rings is 1. The SMILES string of the molecule is COc1ccccc1C1CNCCN1C(=O)c1cnc2onc(C(C)C)c2c1.Cl. The van der Waals surface area contributed by atoms with Crippen molar-refractivity contribution in [3.05, 3.63) is 53.3 Å². The third-order valence-corrected chi connectivity index (χ3v) is 5.15. The van der Waals surface area contributed by atoms with Gasteiger partial charge in [-0.1, -0.05) is 37.2 Å². The van der Waals surface area contributed by atoms with E-state index in [0.717, 1.165) is 28.9 Å². The van der Waals surface area contributed by atoms with E-state index in [1.807, 2.05) is 49.1 Å². The van der Waals surface area contributed by atoms with Gasteiger partial charge in [-0.2, -0.15) is 0 Å². The molecule has 8 heteroatoms. The summed E-state index contributed by atoms with van der Waals surface area (Å²) in [5.74, 6) is 0.917. The van der Waals surface area contributed by atoms with Crippen molar-refractivity contribution in [2.24, 2.45) is 0 Å². The van der Waals surface area contributed by atoms with E-state index in [-0.39, 0.29) is 30.3 Å². The molecule has 0 aliphatic carbocycles. The van der Waals surface area contributed by atoms with Crippen molar-refractivity contribution >= 4 is 29.4 Å². The average Bonchev–Trinajstić information content (AvgIpc) is 3.16. The zero-order valence-corrected chi connectivity index (χ0v) is 17.5. The molecule has 3 aromatic rings. The topological polar surface area (TPSA) is 80.5 Å². The molecule has 1 fully saturated rings. The van der Waals surface area contributed by atoms with Crippen molar-refractivity contribution < 1.29 is 14.1 Å². The van der Waals surface area contributed by atoms with Crippen LogP contribution in [0.4, 0.5) is 0 Å². The van der Waals surface area contributed by atoms with Crippen molar-refractivity contribution in [3.8, 4) is 5.75 Å². The molecule has 2 aromatic heterocycles. The lowest BCUT2D eigenvalue weighted by molar-refractivity contribution is 0.0631. The maximum Gasteiger partial charge on any atom is 0.257 e. The third-order valence-electron chi connectivity index (χ3n) is 5.15. The summed E-state index contributed by atoms with van der Waals surface area (Å²) in [6, 6.07) is 9.57. The van der Waals surface area contributed by atoms with Gasteiger partial charge in [-0.05, 0) is 18.1 Å². The first-order chi connectivity index (χ1) is 13.6. The van der Waals surface area contributed by atoms with E-state index >= 15 is 0 Å². The molecule has 0 spiro atoms. The van der Waals surface area contributed by atoms with Gasteiger partial charge in [0, 0.05) is 31.4 Å².